The van der Waals surface area contributed by atoms with Crippen LogP contribution in [0, 0.1) is 11.6 Å². The van der Waals surface area contributed by atoms with Crippen LogP contribution in [-0.4, -0.2) is 76.8 Å². The molecule has 1 aliphatic heterocycles. The van der Waals surface area contributed by atoms with Crippen LogP contribution in [0.4, 0.5) is 8.78 Å². The summed E-state index contributed by atoms with van der Waals surface area (Å²) in [6.45, 7) is 1.80. The van der Waals surface area contributed by atoms with Gasteiger partial charge in [0.05, 0.1) is 6.20 Å². The molecule has 2 aliphatic rings. The highest BCUT2D eigenvalue weighted by atomic mass is 35.5. The standard InChI is InChI=1S/C20H26F2N6O3S.ClH/c1-26-13-17(24-25-26)32(30,31)28-11-9-27(10-12-28)20(7-2-3-8-20)14-23-19(29)18-15(21)5-4-6-16(18)22;/h4-6,13H,2-3,7-12,14H2,1H3,(H,23,29);1H. The molecule has 1 saturated heterocycles. The number of piperazine rings is 1. The van der Waals surface area contributed by atoms with Crippen molar-refractivity contribution in [2.45, 2.75) is 36.2 Å². The van der Waals surface area contributed by atoms with Crippen molar-refractivity contribution in [2.24, 2.45) is 7.05 Å². The van der Waals surface area contributed by atoms with Gasteiger partial charge in [-0.3, -0.25) is 14.4 Å². The maximum absolute atomic E-state index is 14.0. The summed E-state index contributed by atoms with van der Waals surface area (Å²) in [6.07, 6.45) is 4.97. The molecule has 1 aromatic carbocycles. The quantitative estimate of drug-likeness (QED) is 0.641. The van der Waals surface area contributed by atoms with Crippen molar-refractivity contribution in [3.05, 3.63) is 41.6 Å². The fourth-order valence-electron chi connectivity index (χ4n) is 4.67. The van der Waals surface area contributed by atoms with E-state index in [-0.39, 0.29) is 42.6 Å². The number of nitrogens with one attached hydrogen (secondary N) is 1. The zero-order valence-corrected chi connectivity index (χ0v) is 19.8. The smallest absolute Gasteiger partial charge is 0.264 e. The minimum Gasteiger partial charge on any atom is -0.350 e. The minimum absolute atomic E-state index is 0. The van der Waals surface area contributed by atoms with E-state index < -0.39 is 33.1 Å². The third-order valence-electron chi connectivity index (χ3n) is 6.40. The van der Waals surface area contributed by atoms with E-state index in [0.717, 1.165) is 37.8 Å². The fraction of sp³-hybridized carbons (Fsp3) is 0.550. The topological polar surface area (TPSA) is 100 Å². The second kappa shape index (κ2) is 10.00. The zero-order chi connectivity index (χ0) is 22.9. The summed E-state index contributed by atoms with van der Waals surface area (Å²) in [5.74, 6) is -2.58. The normalized spacial score (nSPS) is 19.2. The van der Waals surface area contributed by atoms with Crippen LogP contribution < -0.4 is 5.32 Å². The first-order valence-corrected chi connectivity index (χ1v) is 12.0. The molecule has 182 valence electrons. The van der Waals surface area contributed by atoms with Crippen molar-refractivity contribution in [1.82, 2.24) is 29.5 Å². The molecule has 2 fully saturated rings. The molecule has 9 nitrogen and oxygen atoms in total. The Kier molecular flexibility index (Phi) is 7.72. The lowest BCUT2D eigenvalue weighted by atomic mass is 9.93. The Balaban J connectivity index is 0.00000306. The molecule has 0 atom stereocenters. The van der Waals surface area contributed by atoms with Gasteiger partial charge < -0.3 is 5.32 Å². The molecule has 0 radical (unpaired) electrons. The van der Waals surface area contributed by atoms with Gasteiger partial charge in [-0.1, -0.05) is 24.1 Å². The maximum Gasteiger partial charge on any atom is 0.264 e. The monoisotopic (exact) mass is 504 g/mol. The van der Waals surface area contributed by atoms with Crippen molar-refractivity contribution >= 4 is 28.3 Å². The Hall–Kier alpha value is -2.15. The number of sulfonamides is 1. The van der Waals surface area contributed by atoms with Crippen LogP contribution in [0.15, 0.2) is 29.4 Å². The van der Waals surface area contributed by atoms with E-state index in [0.29, 0.717) is 13.1 Å². The Morgan fingerprint density at radius 2 is 1.73 bits per heavy atom. The van der Waals surface area contributed by atoms with E-state index >= 15 is 0 Å². The summed E-state index contributed by atoms with van der Waals surface area (Å²) in [5.41, 5.74) is -0.944. The summed E-state index contributed by atoms with van der Waals surface area (Å²) in [7, 11) is -2.11. The molecule has 1 amide bonds. The predicted octanol–water partition coefficient (Wildman–Crippen LogP) is 1.56. The summed E-state index contributed by atoms with van der Waals surface area (Å²) in [4.78, 5) is 14.7. The van der Waals surface area contributed by atoms with E-state index in [4.69, 9.17) is 0 Å². The van der Waals surface area contributed by atoms with Crippen LogP contribution in [-0.2, 0) is 17.1 Å². The number of carbonyl (C=O) groups excluding carboxylic acids is 1. The summed E-state index contributed by atoms with van der Waals surface area (Å²) in [5, 5.41) is 10.1. The Morgan fingerprint density at radius 1 is 1.12 bits per heavy atom. The average molecular weight is 505 g/mol. The van der Waals surface area contributed by atoms with Crippen LogP contribution in [0.25, 0.3) is 0 Å². The highest BCUT2D eigenvalue weighted by Crippen LogP contribution is 2.36. The van der Waals surface area contributed by atoms with Gasteiger partial charge in [-0.15, -0.1) is 17.5 Å². The van der Waals surface area contributed by atoms with Gasteiger partial charge in [-0.25, -0.2) is 17.2 Å². The van der Waals surface area contributed by atoms with E-state index in [1.807, 2.05) is 0 Å². The first-order chi connectivity index (χ1) is 15.2. The van der Waals surface area contributed by atoms with Crippen LogP contribution in [0.3, 0.4) is 0 Å². The highest BCUT2D eigenvalue weighted by Gasteiger charge is 2.42. The van der Waals surface area contributed by atoms with Crippen molar-refractivity contribution in [3.63, 3.8) is 0 Å². The van der Waals surface area contributed by atoms with Crippen molar-refractivity contribution in [3.8, 4) is 0 Å². The number of carbonyl (C=O) groups is 1. The lowest BCUT2D eigenvalue weighted by Gasteiger charge is -2.45. The molecule has 2 aromatic rings. The van der Waals surface area contributed by atoms with Crippen molar-refractivity contribution in [2.75, 3.05) is 32.7 Å². The van der Waals surface area contributed by atoms with E-state index in [1.165, 1.54) is 21.3 Å². The second-order valence-corrected chi connectivity index (χ2v) is 10.2. The average Bonchev–Trinajstić information content (AvgIpc) is 3.42. The number of hydrogen-bond acceptors (Lipinski definition) is 6. The molecule has 0 unspecified atom stereocenters. The van der Waals surface area contributed by atoms with Crippen LogP contribution in [0.2, 0.25) is 0 Å². The van der Waals surface area contributed by atoms with E-state index in [2.05, 4.69) is 20.5 Å². The molecule has 33 heavy (non-hydrogen) atoms. The van der Waals surface area contributed by atoms with Gasteiger partial charge >= 0.3 is 0 Å². The fourth-order valence-corrected chi connectivity index (χ4v) is 6.00. The first kappa shape index (κ1) is 25.5. The van der Waals surface area contributed by atoms with Crippen molar-refractivity contribution in [1.29, 1.82) is 0 Å². The predicted molar refractivity (Wildman–Crippen MR) is 118 cm³/mol. The zero-order valence-electron chi connectivity index (χ0n) is 18.2. The summed E-state index contributed by atoms with van der Waals surface area (Å²) >= 11 is 0. The molecular weight excluding hydrogens is 478 g/mol. The van der Waals surface area contributed by atoms with Crippen molar-refractivity contribution < 1.29 is 22.0 Å². The third kappa shape index (κ3) is 5.03. The number of benzene rings is 1. The van der Waals surface area contributed by atoms with Crippen LogP contribution in [0.5, 0.6) is 0 Å². The Bertz CT molecular complexity index is 1080. The Labute approximate surface area is 197 Å². The molecule has 0 bridgehead atoms. The molecule has 1 saturated carbocycles. The molecular formula is C20H27ClF2N6O3S. The van der Waals surface area contributed by atoms with Gasteiger partial charge in [0.1, 0.15) is 17.2 Å². The molecule has 4 rings (SSSR count). The van der Waals surface area contributed by atoms with Gasteiger partial charge in [0, 0.05) is 45.3 Å². The molecule has 13 heteroatoms. The SMILES string of the molecule is Cl.Cn1cc(S(=O)(=O)N2CCN(C3(CNC(=O)c4c(F)cccc4F)CCCC3)CC2)nn1. The number of amides is 1. The maximum atomic E-state index is 14.0. The minimum atomic E-state index is -3.72. The number of aromatic nitrogens is 3. The highest BCUT2D eigenvalue weighted by molar-refractivity contribution is 7.89. The lowest BCUT2D eigenvalue weighted by Crippen LogP contribution is -2.60. The number of nitrogens with zero attached hydrogens (tertiary/aromatic N) is 5. The molecule has 1 N–H and O–H groups in total. The molecule has 0 spiro atoms. The first-order valence-electron chi connectivity index (χ1n) is 10.6. The molecule has 1 aliphatic carbocycles. The second-order valence-electron chi connectivity index (χ2n) is 8.33. The van der Waals surface area contributed by atoms with Gasteiger partial charge in [0.2, 0.25) is 5.03 Å². The number of halogens is 3. The molecule has 2 heterocycles. The van der Waals surface area contributed by atoms with Crippen LogP contribution in [0.1, 0.15) is 36.0 Å². The number of hydrogen-bond donors (Lipinski definition) is 1. The third-order valence-corrected chi connectivity index (χ3v) is 8.16. The number of rotatable bonds is 6. The summed E-state index contributed by atoms with van der Waals surface area (Å²) < 4.78 is 56.3. The Morgan fingerprint density at radius 3 is 2.27 bits per heavy atom. The summed E-state index contributed by atoms with van der Waals surface area (Å²) in [6, 6.07) is 3.33. The largest absolute Gasteiger partial charge is 0.350 e. The lowest BCUT2D eigenvalue weighted by molar-refractivity contribution is 0.0538. The number of aryl methyl sites for hydroxylation is 1. The van der Waals surface area contributed by atoms with Gasteiger partial charge in [0.25, 0.3) is 15.9 Å². The van der Waals surface area contributed by atoms with Gasteiger partial charge in [0.15, 0.2) is 0 Å². The molecule has 1 aromatic heterocycles. The van der Waals surface area contributed by atoms with Gasteiger partial charge in [-0.05, 0) is 25.0 Å². The van der Waals surface area contributed by atoms with E-state index in [9.17, 15) is 22.0 Å². The van der Waals surface area contributed by atoms with Crippen LogP contribution >= 0.6 is 12.4 Å². The van der Waals surface area contributed by atoms with Gasteiger partial charge in [-0.2, -0.15) is 4.31 Å². The van der Waals surface area contributed by atoms with E-state index in [1.54, 1.807) is 7.05 Å².